The maximum atomic E-state index is 13.8. The first kappa shape index (κ1) is 14.1. The fourth-order valence-electron chi connectivity index (χ4n) is 1.61. The molecule has 20 heavy (non-hydrogen) atoms. The summed E-state index contributed by atoms with van der Waals surface area (Å²) >= 11 is 0. The molecule has 1 heterocycles. The smallest absolute Gasteiger partial charge is 0.249 e. The molecule has 0 aliphatic heterocycles. The lowest BCUT2D eigenvalue weighted by Gasteiger charge is -2.09. The minimum atomic E-state index is -3.73. The van der Waals surface area contributed by atoms with Crippen LogP contribution in [0.25, 0.3) is 11.3 Å². The van der Waals surface area contributed by atoms with E-state index in [9.17, 15) is 17.6 Å². The van der Waals surface area contributed by atoms with Gasteiger partial charge in [0.2, 0.25) is 15.0 Å². The summed E-state index contributed by atoms with van der Waals surface area (Å²) in [4.78, 5) is 18.4. The van der Waals surface area contributed by atoms with Crippen molar-refractivity contribution < 1.29 is 17.6 Å². The number of nitrogen functional groups attached to an aromatic ring is 1. The first-order chi connectivity index (χ1) is 9.34. The number of carbonyl (C=O) groups excluding carboxylic acids is 1. The van der Waals surface area contributed by atoms with Crippen molar-refractivity contribution in [3.8, 4) is 11.3 Å². The van der Waals surface area contributed by atoms with Gasteiger partial charge in [-0.15, -0.1) is 0 Å². The molecule has 104 valence electrons. The molecule has 0 unspecified atom stereocenters. The molecule has 6 nitrogen and oxygen atoms in total. The molecule has 0 fully saturated rings. The second kappa shape index (κ2) is 4.97. The fourth-order valence-corrected chi connectivity index (χ4v) is 2.13. The third kappa shape index (κ3) is 2.50. The van der Waals surface area contributed by atoms with Crippen molar-refractivity contribution in [3.63, 3.8) is 0 Å². The number of nitrogens with two attached hydrogens (primary N) is 1. The van der Waals surface area contributed by atoms with Crippen LogP contribution in [0.3, 0.4) is 0 Å². The lowest BCUT2D eigenvalue weighted by Crippen LogP contribution is -2.11. The van der Waals surface area contributed by atoms with Crippen molar-refractivity contribution in [2.24, 2.45) is 0 Å². The Hall–Kier alpha value is -2.35. The summed E-state index contributed by atoms with van der Waals surface area (Å²) in [5.41, 5.74) is 5.23. The molecule has 8 heteroatoms. The number of nitrogens with zero attached hydrogens (tertiary/aromatic N) is 2. The van der Waals surface area contributed by atoms with Crippen molar-refractivity contribution in [2.75, 3.05) is 12.0 Å². The Morgan fingerprint density at radius 1 is 1.25 bits per heavy atom. The quantitative estimate of drug-likeness (QED) is 0.671. The molecule has 0 atom stereocenters. The zero-order valence-corrected chi connectivity index (χ0v) is 11.2. The molecule has 0 saturated heterocycles. The Labute approximate surface area is 114 Å². The Kier molecular flexibility index (Phi) is 3.49. The lowest BCUT2D eigenvalue weighted by molar-refractivity contribution is 0.112. The maximum Gasteiger partial charge on any atom is 0.249 e. The van der Waals surface area contributed by atoms with Gasteiger partial charge in [-0.1, -0.05) is 12.1 Å². The third-order valence-corrected chi connectivity index (χ3v) is 3.38. The zero-order chi connectivity index (χ0) is 14.9. The Morgan fingerprint density at radius 2 is 1.90 bits per heavy atom. The first-order valence-electron chi connectivity index (χ1n) is 5.42. The molecular formula is C12H10FN3O3S. The molecule has 2 N–H and O–H groups in total. The largest absolute Gasteiger partial charge is 0.383 e. The number of carbonyl (C=O) groups is 1. The van der Waals surface area contributed by atoms with Crippen LogP contribution in [0, 0.1) is 5.82 Å². The minimum Gasteiger partial charge on any atom is -0.383 e. The van der Waals surface area contributed by atoms with E-state index in [1.807, 2.05) is 0 Å². The standard InChI is InChI=1S/C12H10FN3O3S/c1-20(18,19)12-15-10(8(6-17)11(14)16-12)7-4-2-3-5-9(7)13/h2-6H,1H3,(H2,14,15,16). The van der Waals surface area contributed by atoms with Crippen molar-refractivity contribution in [3.05, 3.63) is 35.6 Å². The Balaban J connectivity index is 2.84. The SMILES string of the molecule is CS(=O)(=O)c1nc(N)c(C=O)c(-c2ccccc2F)n1. The highest BCUT2D eigenvalue weighted by Crippen LogP contribution is 2.27. The number of hydrogen-bond acceptors (Lipinski definition) is 6. The molecule has 0 amide bonds. The fraction of sp³-hybridized carbons (Fsp3) is 0.0833. The first-order valence-corrected chi connectivity index (χ1v) is 7.31. The summed E-state index contributed by atoms with van der Waals surface area (Å²) in [7, 11) is -3.73. The van der Waals surface area contributed by atoms with Gasteiger partial charge in [0.15, 0.2) is 6.29 Å². The molecule has 0 aliphatic rings. The Bertz CT molecular complexity index is 791. The van der Waals surface area contributed by atoms with E-state index in [-0.39, 0.29) is 22.6 Å². The van der Waals surface area contributed by atoms with E-state index in [2.05, 4.69) is 9.97 Å². The molecule has 0 bridgehead atoms. The van der Waals surface area contributed by atoms with Gasteiger partial charge in [-0.05, 0) is 12.1 Å². The predicted octanol–water partition coefficient (Wildman–Crippen LogP) is 1.08. The molecular weight excluding hydrogens is 285 g/mol. The van der Waals surface area contributed by atoms with Gasteiger partial charge in [0, 0.05) is 11.8 Å². The molecule has 0 aliphatic carbocycles. The van der Waals surface area contributed by atoms with Crippen LogP contribution in [-0.4, -0.2) is 30.9 Å². The van der Waals surface area contributed by atoms with Gasteiger partial charge >= 0.3 is 0 Å². The van der Waals surface area contributed by atoms with Gasteiger partial charge in [0.1, 0.15) is 11.6 Å². The van der Waals surface area contributed by atoms with E-state index < -0.39 is 20.8 Å². The lowest BCUT2D eigenvalue weighted by atomic mass is 10.1. The second-order valence-corrected chi connectivity index (χ2v) is 5.93. The molecule has 1 aromatic carbocycles. The summed E-state index contributed by atoms with van der Waals surface area (Å²) in [5.74, 6) is -0.957. The summed E-state index contributed by atoms with van der Waals surface area (Å²) in [6, 6.07) is 5.53. The van der Waals surface area contributed by atoms with Gasteiger partial charge in [-0.25, -0.2) is 22.8 Å². The number of benzene rings is 1. The highest BCUT2D eigenvalue weighted by molar-refractivity contribution is 7.90. The Morgan fingerprint density at radius 3 is 2.45 bits per heavy atom. The zero-order valence-electron chi connectivity index (χ0n) is 10.4. The van der Waals surface area contributed by atoms with Gasteiger partial charge < -0.3 is 5.73 Å². The average molecular weight is 295 g/mol. The number of aldehydes is 1. The van der Waals surface area contributed by atoms with Crippen LogP contribution in [0.5, 0.6) is 0 Å². The van der Waals surface area contributed by atoms with Crippen LogP contribution in [0.15, 0.2) is 29.4 Å². The summed E-state index contributed by atoms with van der Waals surface area (Å²) in [6.45, 7) is 0. The number of halogens is 1. The number of aromatic nitrogens is 2. The van der Waals surface area contributed by atoms with Crippen molar-refractivity contribution >= 4 is 21.9 Å². The van der Waals surface area contributed by atoms with Crippen LogP contribution < -0.4 is 5.73 Å². The predicted molar refractivity (Wildman–Crippen MR) is 70.3 cm³/mol. The summed E-state index contributed by atoms with van der Waals surface area (Å²) < 4.78 is 36.8. The summed E-state index contributed by atoms with van der Waals surface area (Å²) in [6.07, 6.45) is 1.26. The number of sulfone groups is 1. The highest BCUT2D eigenvalue weighted by atomic mass is 32.2. The van der Waals surface area contributed by atoms with Crippen molar-refractivity contribution in [1.29, 1.82) is 0 Å². The normalized spacial score (nSPS) is 11.3. The molecule has 0 radical (unpaired) electrons. The van der Waals surface area contributed by atoms with Gasteiger partial charge in [-0.2, -0.15) is 0 Å². The van der Waals surface area contributed by atoms with E-state index in [0.29, 0.717) is 6.29 Å². The maximum absolute atomic E-state index is 13.8. The van der Waals surface area contributed by atoms with Crippen LogP contribution in [0.1, 0.15) is 10.4 Å². The third-order valence-electron chi connectivity index (χ3n) is 2.53. The van der Waals surface area contributed by atoms with E-state index >= 15 is 0 Å². The average Bonchev–Trinajstić information content (AvgIpc) is 2.37. The van der Waals surface area contributed by atoms with E-state index in [1.165, 1.54) is 24.3 Å². The van der Waals surface area contributed by atoms with Gasteiger partial charge in [0.05, 0.1) is 11.3 Å². The van der Waals surface area contributed by atoms with E-state index in [1.54, 1.807) is 0 Å². The minimum absolute atomic E-state index is 0.0198. The van der Waals surface area contributed by atoms with Crippen LogP contribution in [0.2, 0.25) is 0 Å². The van der Waals surface area contributed by atoms with Crippen LogP contribution >= 0.6 is 0 Å². The van der Waals surface area contributed by atoms with Crippen molar-refractivity contribution in [1.82, 2.24) is 9.97 Å². The second-order valence-electron chi connectivity index (χ2n) is 4.02. The molecule has 0 saturated carbocycles. The van der Waals surface area contributed by atoms with E-state index in [4.69, 9.17) is 5.73 Å². The molecule has 2 rings (SSSR count). The van der Waals surface area contributed by atoms with E-state index in [0.717, 1.165) is 6.26 Å². The number of hydrogen-bond donors (Lipinski definition) is 1. The van der Waals surface area contributed by atoms with Gasteiger partial charge in [0.25, 0.3) is 0 Å². The summed E-state index contributed by atoms with van der Waals surface area (Å²) in [5, 5.41) is -0.557. The number of anilines is 1. The molecule has 0 spiro atoms. The highest BCUT2D eigenvalue weighted by Gasteiger charge is 2.20. The van der Waals surface area contributed by atoms with Crippen LogP contribution in [0.4, 0.5) is 10.2 Å². The molecule has 1 aromatic heterocycles. The van der Waals surface area contributed by atoms with Crippen LogP contribution in [-0.2, 0) is 9.84 Å². The number of rotatable bonds is 3. The molecule has 2 aromatic rings. The van der Waals surface area contributed by atoms with Gasteiger partial charge in [-0.3, -0.25) is 4.79 Å². The topological polar surface area (TPSA) is 103 Å². The monoisotopic (exact) mass is 295 g/mol. The van der Waals surface area contributed by atoms with Crippen molar-refractivity contribution in [2.45, 2.75) is 5.16 Å².